The Morgan fingerprint density at radius 3 is 2.18 bits per heavy atom. The molecule has 1 atom stereocenters. The molecule has 0 radical (unpaired) electrons. The summed E-state index contributed by atoms with van der Waals surface area (Å²) in [6.07, 6.45) is 7.73. The van der Waals surface area contributed by atoms with Crippen LogP contribution in [0, 0.1) is 29.1 Å². The van der Waals surface area contributed by atoms with Gasteiger partial charge >= 0.3 is 0 Å². The molecule has 0 saturated carbocycles. The maximum Gasteiger partial charge on any atom is 0.167 e. The third-order valence-electron chi connectivity index (χ3n) is 7.65. The largest absolute Gasteiger partial charge is 0.369 e. The van der Waals surface area contributed by atoms with Crippen molar-refractivity contribution in [1.29, 1.82) is 0 Å². The Balaban J connectivity index is 1.43. The highest BCUT2D eigenvalue weighted by molar-refractivity contribution is 5.82. The fourth-order valence-corrected chi connectivity index (χ4v) is 5.66. The molecule has 6 heteroatoms. The molecule has 0 bridgehead atoms. The molecule has 5 rings (SSSR count). The molecule has 1 heterocycles. The number of rotatable bonds is 8. The molecule has 1 aliphatic carbocycles. The first-order chi connectivity index (χ1) is 18.3. The van der Waals surface area contributed by atoms with Gasteiger partial charge in [0, 0.05) is 22.3 Å². The summed E-state index contributed by atoms with van der Waals surface area (Å²) < 4.78 is 81.2. The van der Waals surface area contributed by atoms with Crippen LogP contribution in [0.1, 0.15) is 80.7 Å². The molecule has 0 spiro atoms. The van der Waals surface area contributed by atoms with Crippen molar-refractivity contribution in [2.75, 3.05) is 6.61 Å². The fourth-order valence-electron chi connectivity index (χ4n) is 5.66. The smallest absolute Gasteiger partial charge is 0.167 e. The highest BCUT2D eigenvalue weighted by atomic mass is 19.2. The van der Waals surface area contributed by atoms with Crippen LogP contribution in [0.25, 0.3) is 22.3 Å². The predicted molar refractivity (Wildman–Crippen MR) is 139 cm³/mol. The van der Waals surface area contributed by atoms with Gasteiger partial charge in [-0.15, -0.1) is 0 Å². The molecule has 0 amide bonds. The molecule has 3 aromatic carbocycles. The summed E-state index contributed by atoms with van der Waals surface area (Å²) >= 11 is 0. The van der Waals surface area contributed by atoms with Gasteiger partial charge in [0.1, 0.15) is 5.82 Å². The first kappa shape index (κ1) is 26.6. The summed E-state index contributed by atoms with van der Waals surface area (Å²) in [6.45, 7) is 4.46. The van der Waals surface area contributed by atoms with Crippen molar-refractivity contribution in [3.8, 4) is 22.3 Å². The van der Waals surface area contributed by atoms with Gasteiger partial charge in [-0.1, -0.05) is 57.4 Å². The summed E-state index contributed by atoms with van der Waals surface area (Å²) in [6, 6.07) is 7.24. The van der Waals surface area contributed by atoms with E-state index in [1.807, 2.05) is 6.92 Å². The van der Waals surface area contributed by atoms with Crippen molar-refractivity contribution < 1.29 is 26.7 Å². The lowest BCUT2D eigenvalue weighted by Gasteiger charge is -2.24. The van der Waals surface area contributed by atoms with Gasteiger partial charge in [-0.3, -0.25) is 0 Å². The third kappa shape index (κ3) is 4.79. The van der Waals surface area contributed by atoms with Crippen LogP contribution in [0.3, 0.4) is 0 Å². The standard InChI is InChI=1S/C32H31F5O/c1-3-5-6-8-18-9-12-26(38-17-18)23-11-10-19(16-25(23)33)24-15-22-14-21-13-20(7-4-2)29(34)31(36)27(21)28(22)32(37)30(24)35/h9-11,13,15-16,26H,3-8,12,14,17H2,1-2H3. The van der Waals surface area contributed by atoms with E-state index in [1.54, 1.807) is 12.1 Å². The summed E-state index contributed by atoms with van der Waals surface area (Å²) in [5, 5.41) is 0. The Kier molecular flexibility index (Phi) is 7.71. The normalized spacial score (nSPS) is 16.4. The minimum atomic E-state index is -1.25. The lowest BCUT2D eigenvalue weighted by Crippen LogP contribution is -2.13. The number of unbranched alkanes of at least 4 members (excludes halogenated alkanes) is 2. The molecule has 0 fully saturated rings. The fraction of sp³-hybridized carbons (Fsp3) is 0.375. The molecule has 2 aliphatic rings. The number of aryl methyl sites for hydroxylation is 1. The lowest BCUT2D eigenvalue weighted by atomic mass is 9.94. The number of ether oxygens (including phenoxy) is 1. The number of hydrogen-bond donors (Lipinski definition) is 0. The second kappa shape index (κ2) is 11.0. The summed E-state index contributed by atoms with van der Waals surface area (Å²) in [4.78, 5) is 0. The molecule has 1 unspecified atom stereocenters. The zero-order chi connectivity index (χ0) is 27.0. The van der Waals surface area contributed by atoms with Gasteiger partial charge in [-0.2, -0.15) is 0 Å². The van der Waals surface area contributed by atoms with Crippen LogP contribution < -0.4 is 0 Å². The lowest BCUT2D eigenvalue weighted by molar-refractivity contribution is 0.0572. The van der Waals surface area contributed by atoms with Crippen LogP contribution in [0.5, 0.6) is 0 Å². The van der Waals surface area contributed by atoms with E-state index in [0.29, 0.717) is 42.6 Å². The van der Waals surface area contributed by atoms with E-state index in [4.69, 9.17) is 4.74 Å². The van der Waals surface area contributed by atoms with Crippen molar-refractivity contribution in [1.82, 2.24) is 0 Å². The SMILES string of the molecule is CCCCCC1=CCC(c2ccc(-c3cc4c(c(F)c3F)-c3c(cc(CCC)c(F)c3F)C4)cc2F)OC1. The summed E-state index contributed by atoms with van der Waals surface area (Å²) in [7, 11) is 0. The quantitative estimate of drug-likeness (QED) is 0.126. The van der Waals surface area contributed by atoms with E-state index >= 15 is 13.2 Å². The highest BCUT2D eigenvalue weighted by Crippen LogP contribution is 2.45. The minimum absolute atomic E-state index is 0.114. The van der Waals surface area contributed by atoms with Crippen molar-refractivity contribution in [2.24, 2.45) is 0 Å². The van der Waals surface area contributed by atoms with Gasteiger partial charge < -0.3 is 4.74 Å². The van der Waals surface area contributed by atoms with Crippen molar-refractivity contribution in [2.45, 2.75) is 71.3 Å². The Morgan fingerprint density at radius 1 is 0.789 bits per heavy atom. The minimum Gasteiger partial charge on any atom is -0.369 e. The average Bonchev–Trinajstić information content (AvgIpc) is 3.28. The zero-order valence-corrected chi connectivity index (χ0v) is 21.7. The van der Waals surface area contributed by atoms with E-state index < -0.39 is 35.2 Å². The van der Waals surface area contributed by atoms with E-state index in [1.165, 1.54) is 23.8 Å². The first-order valence-electron chi connectivity index (χ1n) is 13.4. The number of halogens is 5. The van der Waals surface area contributed by atoms with Gasteiger partial charge in [0.2, 0.25) is 0 Å². The number of benzene rings is 3. The van der Waals surface area contributed by atoms with Gasteiger partial charge in [-0.05, 0) is 72.1 Å². The van der Waals surface area contributed by atoms with E-state index in [-0.39, 0.29) is 34.2 Å². The van der Waals surface area contributed by atoms with Crippen LogP contribution in [-0.2, 0) is 17.6 Å². The Bertz CT molecular complexity index is 1410. The monoisotopic (exact) mass is 526 g/mol. The first-order valence-corrected chi connectivity index (χ1v) is 13.4. The maximum absolute atomic E-state index is 15.3. The zero-order valence-electron chi connectivity index (χ0n) is 21.7. The molecule has 1 aliphatic heterocycles. The molecule has 3 aromatic rings. The molecule has 200 valence electrons. The summed E-state index contributed by atoms with van der Waals surface area (Å²) in [5.41, 5.74) is 2.17. The molecular formula is C32H31F5O. The molecule has 0 N–H and O–H groups in total. The highest BCUT2D eigenvalue weighted by Gasteiger charge is 2.32. The Hall–Kier alpha value is -2.99. The average molecular weight is 527 g/mol. The maximum atomic E-state index is 15.3. The molecule has 38 heavy (non-hydrogen) atoms. The van der Waals surface area contributed by atoms with Crippen molar-refractivity contribution in [3.63, 3.8) is 0 Å². The Morgan fingerprint density at radius 2 is 1.53 bits per heavy atom. The van der Waals surface area contributed by atoms with Crippen LogP contribution >= 0.6 is 0 Å². The van der Waals surface area contributed by atoms with Gasteiger partial charge in [0.25, 0.3) is 0 Å². The van der Waals surface area contributed by atoms with E-state index in [2.05, 4.69) is 13.0 Å². The van der Waals surface area contributed by atoms with Crippen molar-refractivity contribution in [3.05, 3.63) is 93.3 Å². The van der Waals surface area contributed by atoms with Gasteiger partial charge in [0.05, 0.1) is 12.7 Å². The molecule has 0 aromatic heterocycles. The molecule has 0 saturated heterocycles. The van der Waals surface area contributed by atoms with Crippen LogP contribution in [0.15, 0.2) is 42.0 Å². The van der Waals surface area contributed by atoms with Crippen LogP contribution in [0.4, 0.5) is 22.0 Å². The topological polar surface area (TPSA) is 9.23 Å². The molecular weight excluding hydrogens is 495 g/mol. The van der Waals surface area contributed by atoms with E-state index in [9.17, 15) is 8.78 Å². The predicted octanol–water partition coefficient (Wildman–Crippen LogP) is 9.54. The van der Waals surface area contributed by atoms with Crippen LogP contribution in [0.2, 0.25) is 0 Å². The summed E-state index contributed by atoms with van der Waals surface area (Å²) in [5.74, 6) is -5.20. The Labute approximate surface area is 220 Å². The number of fused-ring (bicyclic) bond motifs is 3. The second-order valence-electron chi connectivity index (χ2n) is 10.3. The van der Waals surface area contributed by atoms with Crippen LogP contribution in [-0.4, -0.2) is 6.61 Å². The third-order valence-corrected chi connectivity index (χ3v) is 7.65. The second-order valence-corrected chi connectivity index (χ2v) is 10.3. The van der Waals surface area contributed by atoms with Gasteiger partial charge in [0.15, 0.2) is 23.3 Å². The number of hydrogen-bond acceptors (Lipinski definition) is 1. The van der Waals surface area contributed by atoms with Crippen molar-refractivity contribution >= 4 is 0 Å². The van der Waals surface area contributed by atoms with E-state index in [0.717, 1.165) is 25.7 Å². The molecule has 1 nitrogen and oxygen atoms in total. The van der Waals surface area contributed by atoms with Gasteiger partial charge in [-0.25, -0.2) is 22.0 Å².